The average Bonchev–Trinajstić information content (AvgIpc) is 3.48. The third kappa shape index (κ3) is 4.80. The van der Waals surface area contributed by atoms with Crippen molar-refractivity contribution in [3.05, 3.63) is 83.3 Å². The quantitative estimate of drug-likeness (QED) is 0.239. The molecule has 1 aliphatic rings. The van der Waals surface area contributed by atoms with Crippen LogP contribution < -0.4 is 14.4 Å². The van der Waals surface area contributed by atoms with Crippen LogP contribution in [-0.4, -0.2) is 30.0 Å². The minimum Gasteiger partial charge on any atom is -0.507 e. The highest BCUT2D eigenvalue weighted by Crippen LogP contribution is 2.43. The van der Waals surface area contributed by atoms with Crippen molar-refractivity contribution in [3.63, 3.8) is 0 Å². The number of benzene rings is 2. The van der Waals surface area contributed by atoms with Crippen LogP contribution in [0.5, 0.6) is 11.5 Å². The van der Waals surface area contributed by atoms with Crippen LogP contribution in [0, 0.1) is 6.92 Å². The van der Waals surface area contributed by atoms with Gasteiger partial charge in [0.1, 0.15) is 29.1 Å². The van der Waals surface area contributed by atoms with E-state index in [0.717, 1.165) is 18.4 Å². The first-order valence-corrected chi connectivity index (χ1v) is 11.8. The highest BCUT2D eigenvalue weighted by atomic mass is 16.5. The molecule has 1 atom stereocenters. The highest BCUT2D eigenvalue weighted by Gasteiger charge is 2.48. The maximum atomic E-state index is 13.3. The third-order valence-electron chi connectivity index (χ3n) is 5.74. The second kappa shape index (κ2) is 10.5. The highest BCUT2D eigenvalue weighted by molar-refractivity contribution is 6.51. The van der Waals surface area contributed by atoms with Crippen LogP contribution in [-0.2, 0) is 9.59 Å². The summed E-state index contributed by atoms with van der Waals surface area (Å²) >= 11 is 0. The summed E-state index contributed by atoms with van der Waals surface area (Å²) in [5, 5.41) is 11.3. The normalized spacial score (nSPS) is 17.1. The van der Waals surface area contributed by atoms with Gasteiger partial charge in [0.2, 0.25) is 0 Å². The molecular weight excluding hydrogens is 446 g/mol. The number of carbonyl (C=O) groups is 2. The monoisotopic (exact) mass is 475 g/mol. The van der Waals surface area contributed by atoms with Crippen LogP contribution in [0.3, 0.4) is 0 Å². The number of Topliss-reactive ketones (excluding diaryl/α,β-unsaturated/α-hetero) is 1. The van der Waals surface area contributed by atoms with E-state index >= 15 is 0 Å². The van der Waals surface area contributed by atoms with Gasteiger partial charge in [-0.1, -0.05) is 19.9 Å². The van der Waals surface area contributed by atoms with Crippen LogP contribution in [0.1, 0.15) is 49.6 Å². The zero-order valence-electron chi connectivity index (χ0n) is 20.1. The molecule has 0 bridgehead atoms. The van der Waals surface area contributed by atoms with Gasteiger partial charge >= 0.3 is 0 Å². The minimum atomic E-state index is -0.928. The Labute approximate surface area is 204 Å². The van der Waals surface area contributed by atoms with Crippen LogP contribution in [0.2, 0.25) is 0 Å². The minimum absolute atomic E-state index is 0.0357. The summed E-state index contributed by atoms with van der Waals surface area (Å²) in [5.41, 5.74) is 1.67. The number of amides is 1. The number of nitrogens with zero attached hydrogens (tertiary/aromatic N) is 1. The Bertz CT molecular complexity index is 1240. The molecule has 1 unspecified atom stereocenters. The van der Waals surface area contributed by atoms with Crippen molar-refractivity contribution in [2.45, 2.75) is 39.7 Å². The smallest absolute Gasteiger partial charge is 0.300 e. The van der Waals surface area contributed by atoms with Crippen molar-refractivity contribution in [1.29, 1.82) is 0 Å². The Balaban J connectivity index is 1.80. The van der Waals surface area contributed by atoms with E-state index in [1.807, 2.05) is 20.8 Å². The fraction of sp³-hybridized carbons (Fsp3) is 0.286. The lowest BCUT2D eigenvalue weighted by atomic mass is 9.98. The molecule has 7 heteroatoms. The van der Waals surface area contributed by atoms with E-state index in [0.29, 0.717) is 41.7 Å². The second-order valence-electron chi connectivity index (χ2n) is 8.36. The molecule has 1 amide bonds. The van der Waals surface area contributed by atoms with E-state index < -0.39 is 17.7 Å². The molecule has 0 spiro atoms. The molecular formula is C28H29NO6. The van der Waals surface area contributed by atoms with E-state index in [1.165, 1.54) is 11.2 Å². The maximum Gasteiger partial charge on any atom is 0.300 e. The standard InChI is InChI=1S/C28H29NO6/c1-4-13-33-21-9-6-8-20(17-21)29-25(23-10-7-15-35-23)24(27(31)28(29)32)26(30)19-11-12-22(18(3)16-19)34-14-5-2/h6-12,15-17,25,30H,4-5,13-14H2,1-3H3/b26-24-. The molecule has 0 saturated carbocycles. The number of aliphatic hydroxyl groups is 1. The van der Waals surface area contributed by atoms with Gasteiger partial charge in [-0.05, 0) is 67.8 Å². The average molecular weight is 476 g/mol. The third-order valence-corrected chi connectivity index (χ3v) is 5.74. The Kier molecular flexibility index (Phi) is 7.25. The van der Waals surface area contributed by atoms with Gasteiger partial charge in [0.15, 0.2) is 0 Å². The predicted molar refractivity (Wildman–Crippen MR) is 133 cm³/mol. The van der Waals surface area contributed by atoms with Crippen molar-refractivity contribution in [3.8, 4) is 11.5 Å². The van der Waals surface area contributed by atoms with Crippen LogP contribution in [0.4, 0.5) is 5.69 Å². The van der Waals surface area contributed by atoms with Gasteiger partial charge in [-0.2, -0.15) is 0 Å². The van der Waals surface area contributed by atoms with Gasteiger partial charge in [0.05, 0.1) is 25.1 Å². The summed E-state index contributed by atoms with van der Waals surface area (Å²) in [6, 6.07) is 14.6. The molecule has 3 aromatic rings. The van der Waals surface area contributed by atoms with Gasteiger partial charge in [-0.15, -0.1) is 0 Å². The summed E-state index contributed by atoms with van der Waals surface area (Å²) < 4.78 is 17.1. The largest absolute Gasteiger partial charge is 0.507 e. The molecule has 1 N–H and O–H groups in total. The molecule has 1 aromatic heterocycles. The molecule has 0 aliphatic carbocycles. The summed E-state index contributed by atoms with van der Waals surface area (Å²) in [6.07, 6.45) is 3.18. The lowest BCUT2D eigenvalue weighted by Crippen LogP contribution is -2.29. The number of ketones is 1. The molecule has 1 aliphatic heterocycles. The second-order valence-corrected chi connectivity index (χ2v) is 8.36. The number of anilines is 1. The van der Waals surface area contributed by atoms with Gasteiger partial charge in [-0.25, -0.2) is 0 Å². The molecule has 35 heavy (non-hydrogen) atoms. The van der Waals surface area contributed by atoms with Gasteiger partial charge < -0.3 is 19.0 Å². The number of hydrogen-bond acceptors (Lipinski definition) is 6. The fourth-order valence-electron chi connectivity index (χ4n) is 4.08. The lowest BCUT2D eigenvalue weighted by molar-refractivity contribution is -0.132. The molecule has 1 fully saturated rings. The fourth-order valence-corrected chi connectivity index (χ4v) is 4.08. The summed E-state index contributed by atoms with van der Waals surface area (Å²) in [4.78, 5) is 27.8. The van der Waals surface area contributed by atoms with E-state index in [9.17, 15) is 14.7 Å². The van der Waals surface area contributed by atoms with Crippen LogP contribution in [0.15, 0.2) is 70.9 Å². The molecule has 182 valence electrons. The van der Waals surface area contributed by atoms with Crippen molar-refractivity contribution in [1.82, 2.24) is 0 Å². The SMILES string of the molecule is CCCOc1cccc(N2C(=O)C(=O)/C(=C(\O)c3ccc(OCCC)c(C)c3)C2c2ccco2)c1. The maximum absolute atomic E-state index is 13.3. The molecule has 2 heterocycles. The van der Waals surface area contributed by atoms with E-state index in [-0.39, 0.29) is 11.3 Å². The van der Waals surface area contributed by atoms with Crippen molar-refractivity contribution >= 4 is 23.1 Å². The summed E-state index contributed by atoms with van der Waals surface area (Å²) in [5.74, 6) is -0.146. The van der Waals surface area contributed by atoms with Gasteiger partial charge in [0.25, 0.3) is 11.7 Å². The molecule has 2 aromatic carbocycles. The summed E-state index contributed by atoms with van der Waals surface area (Å²) in [7, 11) is 0. The number of aryl methyl sites for hydroxylation is 1. The predicted octanol–water partition coefficient (Wildman–Crippen LogP) is 5.79. The first-order chi connectivity index (χ1) is 17.0. The number of ether oxygens (including phenoxy) is 2. The zero-order valence-corrected chi connectivity index (χ0v) is 20.1. The van der Waals surface area contributed by atoms with E-state index in [2.05, 4.69) is 0 Å². The van der Waals surface area contributed by atoms with Gasteiger partial charge in [0, 0.05) is 17.3 Å². The Hall–Kier alpha value is -4.00. The Morgan fingerprint density at radius 3 is 2.46 bits per heavy atom. The van der Waals surface area contributed by atoms with Crippen molar-refractivity contribution < 1.29 is 28.6 Å². The van der Waals surface area contributed by atoms with Crippen LogP contribution in [0.25, 0.3) is 5.76 Å². The number of carbonyl (C=O) groups excluding carboxylic acids is 2. The van der Waals surface area contributed by atoms with Crippen molar-refractivity contribution in [2.75, 3.05) is 18.1 Å². The number of hydrogen-bond donors (Lipinski definition) is 1. The molecule has 4 rings (SSSR count). The first kappa shape index (κ1) is 24.1. The topological polar surface area (TPSA) is 89.2 Å². The van der Waals surface area contributed by atoms with Crippen LogP contribution >= 0.6 is 0 Å². The zero-order chi connectivity index (χ0) is 24.9. The Morgan fingerprint density at radius 1 is 1.00 bits per heavy atom. The summed E-state index contributed by atoms with van der Waals surface area (Å²) in [6.45, 7) is 7.00. The van der Waals surface area contributed by atoms with Gasteiger partial charge in [-0.3, -0.25) is 14.5 Å². The van der Waals surface area contributed by atoms with Crippen molar-refractivity contribution in [2.24, 2.45) is 0 Å². The number of rotatable bonds is 9. The van der Waals surface area contributed by atoms with E-state index in [1.54, 1.807) is 54.6 Å². The number of furan rings is 1. The molecule has 0 radical (unpaired) electrons. The van der Waals surface area contributed by atoms with E-state index in [4.69, 9.17) is 13.9 Å². The lowest BCUT2D eigenvalue weighted by Gasteiger charge is -2.24. The number of aliphatic hydroxyl groups excluding tert-OH is 1. The molecule has 7 nitrogen and oxygen atoms in total. The first-order valence-electron chi connectivity index (χ1n) is 11.8. The molecule has 1 saturated heterocycles. The Morgan fingerprint density at radius 2 is 1.77 bits per heavy atom.